The third-order valence-corrected chi connectivity index (χ3v) is 3.07. The number of nitrogens with two attached hydrogens (primary N) is 1. The highest BCUT2D eigenvalue weighted by atomic mass is 16.4. The van der Waals surface area contributed by atoms with Gasteiger partial charge in [0.1, 0.15) is 0 Å². The molecule has 5 N–H and O–H groups in total. The first-order valence-corrected chi connectivity index (χ1v) is 4.53. The van der Waals surface area contributed by atoms with E-state index < -0.39 is 23.0 Å². The molecule has 0 saturated carbocycles. The molecule has 0 aliphatic rings. The van der Waals surface area contributed by atoms with Gasteiger partial charge in [0.2, 0.25) is 0 Å². The Kier molecular flexibility index (Phi) is 4.05. The fourth-order valence-corrected chi connectivity index (χ4v) is 1.13. The average Bonchev–Trinajstić information content (AvgIpc) is 2.02. The number of hydrogen-bond acceptors (Lipinski definition) is 4. The highest BCUT2D eigenvalue weighted by Gasteiger charge is 2.45. The van der Waals surface area contributed by atoms with Crippen molar-refractivity contribution >= 4 is 5.97 Å². The second-order valence-corrected chi connectivity index (χ2v) is 4.47. The topological polar surface area (TPSA) is 95.6 Å². The molecule has 0 rings (SSSR count). The van der Waals surface area contributed by atoms with Crippen LogP contribution in [0.1, 0.15) is 27.7 Å². The number of carbonyl (C=O) groups is 1. The van der Waals surface area contributed by atoms with Gasteiger partial charge in [-0.2, -0.15) is 0 Å². The zero-order valence-electron chi connectivity index (χ0n) is 9.16. The minimum atomic E-state index is -1.42. The Morgan fingerprint density at radius 2 is 1.86 bits per heavy atom. The van der Waals surface area contributed by atoms with Crippen LogP contribution >= 0.6 is 0 Å². The molecular weight excluding hydrogens is 184 g/mol. The molecule has 0 saturated heterocycles. The van der Waals surface area contributed by atoms with Crippen LogP contribution in [0.15, 0.2) is 0 Å². The summed E-state index contributed by atoms with van der Waals surface area (Å²) in [5, 5.41) is 21.2. The van der Waals surface area contributed by atoms with Crippen molar-refractivity contribution in [3.63, 3.8) is 0 Å². The van der Waals surface area contributed by atoms with Gasteiger partial charge in [-0.1, -0.05) is 13.8 Å². The summed E-state index contributed by atoms with van der Waals surface area (Å²) in [7, 11) is 0. The number of hydrogen-bond donors (Lipinski definition) is 4. The lowest BCUT2D eigenvalue weighted by atomic mass is 9.70. The van der Waals surface area contributed by atoms with Crippen LogP contribution in [0.25, 0.3) is 0 Å². The molecule has 0 aliphatic carbocycles. The molecule has 0 aromatic rings. The van der Waals surface area contributed by atoms with E-state index in [4.69, 9.17) is 10.8 Å². The summed E-state index contributed by atoms with van der Waals surface area (Å²) in [6.07, 6.45) is -1.42. The molecule has 0 radical (unpaired) electrons. The molecule has 0 heterocycles. The van der Waals surface area contributed by atoms with Crippen molar-refractivity contribution in [2.24, 2.45) is 11.1 Å². The van der Waals surface area contributed by atoms with Gasteiger partial charge >= 0.3 is 5.97 Å². The van der Waals surface area contributed by atoms with E-state index in [9.17, 15) is 9.90 Å². The quantitative estimate of drug-likeness (QED) is 0.463. The van der Waals surface area contributed by atoms with E-state index in [-0.39, 0.29) is 6.67 Å². The summed E-state index contributed by atoms with van der Waals surface area (Å²) in [4.78, 5) is 10.7. The standard InChI is InChI=1S/C9H20N2O3/c1-8(2,6(12)7(13)14)9(3,4)11-5-10/h6,11-12H,5,10H2,1-4H3,(H,13,14). The summed E-state index contributed by atoms with van der Waals surface area (Å²) in [6, 6.07) is 0. The number of aliphatic hydroxyl groups excluding tert-OH is 1. The van der Waals surface area contributed by atoms with Gasteiger partial charge in [-0.25, -0.2) is 4.79 Å². The van der Waals surface area contributed by atoms with Crippen molar-refractivity contribution in [3.8, 4) is 0 Å². The summed E-state index contributed by atoms with van der Waals surface area (Å²) >= 11 is 0. The minimum Gasteiger partial charge on any atom is -0.479 e. The Morgan fingerprint density at radius 3 is 2.14 bits per heavy atom. The average molecular weight is 204 g/mol. The molecule has 0 amide bonds. The van der Waals surface area contributed by atoms with E-state index in [1.54, 1.807) is 13.8 Å². The molecule has 0 aromatic carbocycles. The number of rotatable bonds is 5. The lowest BCUT2D eigenvalue weighted by Crippen LogP contribution is -2.59. The van der Waals surface area contributed by atoms with Crippen LogP contribution < -0.4 is 11.1 Å². The number of nitrogens with one attached hydrogen (secondary N) is 1. The highest BCUT2D eigenvalue weighted by molar-refractivity contribution is 5.73. The summed E-state index contributed by atoms with van der Waals surface area (Å²) < 4.78 is 0. The molecule has 0 spiro atoms. The van der Waals surface area contributed by atoms with Gasteiger partial charge < -0.3 is 15.9 Å². The van der Waals surface area contributed by atoms with Gasteiger partial charge in [0, 0.05) is 17.6 Å². The molecular formula is C9H20N2O3. The molecule has 0 aliphatic heterocycles. The zero-order valence-corrected chi connectivity index (χ0v) is 9.16. The fourth-order valence-electron chi connectivity index (χ4n) is 1.13. The molecule has 1 unspecified atom stereocenters. The first-order valence-electron chi connectivity index (χ1n) is 4.53. The van der Waals surface area contributed by atoms with Crippen LogP contribution in [0.5, 0.6) is 0 Å². The first-order chi connectivity index (χ1) is 6.16. The van der Waals surface area contributed by atoms with E-state index in [0.29, 0.717) is 0 Å². The van der Waals surface area contributed by atoms with Crippen molar-refractivity contribution in [3.05, 3.63) is 0 Å². The maximum Gasteiger partial charge on any atom is 0.333 e. The van der Waals surface area contributed by atoms with E-state index >= 15 is 0 Å². The monoisotopic (exact) mass is 204 g/mol. The van der Waals surface area contributed by atoms with Gasteiger partial charge in [0.05, 0.1) is 0 Å². The third kappa shape index (κ3) is 2.43. The van der Waals surface area contributed by atoms with Crippen LogP contribution in [-0.2, 0) is 4.79 Å². The smallest absolute Gasteiger partial charge is 0.333 e. The van der Waals surface area contributed by atoms with Gasteiger partial charge in [-0.15, -0.1) is 0 Å². The second kappa shape index (κ2) is 4.25. The summed E-state index contributed by atoms with van der Waals surface area (Å²) in [5.74, 6) is -1.22. The van der Waals surface area contributed by atoms with Crippen molar-refractivity contribution in [1.82, 2.24) is 5.32 Å². The van der Waals surface area contributed by atoms with Crippen LogP contribution in [0.4, 0.5) is 0 Å². The Hall–Kier alpha value is -0.650. The van der Waals surface area contributed by atoms with Crippen LogP contribution in [0.3, 0.4) is 0 Å². The van der Waals surface area contributed by atoms with Crippen LogP contribution in [-0.4, -0.2) is 34.5 Å². The Morgan fingerprint density at radius 1 is 1.43 bits per heavy atom. The zero-order chi connectivity index (χ0) is 11.6. The molecule has 1 atom stereocenters. The SMILES string of the molecule is CC(C)(NCN)C(C)(C)C(O)C(=O)O. The van der Waals surface area contributed by atoms with Crippen molar-refractivity contribution in [1.29, 1.82) is 0 Å². The van der Waals surface area contributed by atoms with Crippen molar-refractivity contribution in [2.75, 3.05) is 6.67 Å². The maximum absolute atomic E-state index is 10.7. The van der Waals surface area contributed by atoms with Gasteiger partial charge in [0.15, 0.2) is 6.10 Å². The number of aliphatic carboxylic acids is 1. The van der Waals surface area contributed by atoms with E-state index in [1.165, 1.54) is 0 Å². The lowest BCUT2D eigenvalue weighted by Gasteiger charge is -2.43. The van der Waals surface area contributed by atoms with Gasteiger partial charge in [-0.05, 0) is 13.8 Å². The lowest BCUT2D eigenvalue weighted by molar-refractivity contribution is -0.156. The number of aliphatic hydroxyl groups is 1. The molecule has 5 heteroatoms. The predicted octanol–water partition coefficient (Wildman–Crippen LogP) is -0.257. The van der Waals surface area contributed by atoms with Crippen molar-refractivity contribution < 1.29 is 15.0 Å². The van der Waals surface area contributed by atoms with Crippen molar-refractivity contribution in [2.45, 2.75) is 39.3 Å². The molecule has 0 aromatic heterocycles. The Bertz CT molecular complexity index is 214. The highest BCUT2D eigenvalue weighted by Crippen LogP contribution is 2.34. The molecule has 84 valence electrons. The predicted molar refractivity (Wildman–Crippen MR) is 53.7 cm³/mol. The first kappa shape index (κ1) is 13.4. The number of carboxylic acid groups (broad SMARTS) is 1. The number of carboxylic acids is 1. The summed E-state index contributed by atoms with van der Waals surface area (Å²) in [5.41, 5.74) is 3.98. The fraction of sp³-hybridized carbons (Fsp3) is 0.889. The van der Waals surface area contributed by atoms with E-state index in [0.717, 1.165) is 0 Å². The summed E-state index contributed by atoms with van der Waals surface area (Å²) in [6.45, 7) is 7.24. The van der Waals surface area contributed by atoms with Gasteiger partial charge in [0.25, 0.3) is 0 Å². The molecule has 5 nitrogen and oxygen atoms in total. The Balaban J connectivity index is 4.83. The van der Waals surface area contributed by atoms with Gasteiger partial charge in [-0.3, -0.25) is 5.32 Å². The van der Waals surface area contributed by atoms with Crippen LogP contribution in [0.2, 0.25) is 0 Å². The minimum absolute atomic E-state index is 0.239. The normalized spacial score (nSPS) is 15.3. The molecule has 0 bridgehead atoms. The second-order valence-electron chi connectivity index (χ2n) is 4.47. The maximum atomic E-state index is 10.7. The third-order valence-electron chi connectivity index (χ3n) is 3.07. The Labute approximate surface area is 84.3 Å². The van der Waals surface area contributed by atoms with Crippen LogP contribution in [0, 0.1) is 5.41 Å². The largest absolute Gasteiger partial charge is 0.479 e. The molecule has 0 fully saturated rings. The van der Waals surface area contributed by atoms with E-state index in [2.05, 4.69) is 5.32 Å². The van der Waals surface area contributed by atoms with E-state index in [1.807, 2.05) is 13.8 Å². The molecule has 14 heavy (non-hydrogen) atoms.